The highest BCUT2D eigenvalue weighted by Gasteiger charge is 2.60. The van der Waals surface area contributed by atoms with E-state index in [9.17, 15) is 27.9 Å². The lowest BCUT2D eigenvalue weighted by molar-refractivity contribution is -0.157. The summed E-state index contributed by atoms with van der Waals surface area (Å²) in [5.74, 6) is -1.49. The standard InChI is InChI=1S/C19H20F3NO4/c20-19(21,22)13-3-1-2-12(8-13)17(4-5-17)15(24)23-9-14-10-27-7-6-18(14,11-23)16(25)26/h1-3,8,14H,4-7,9-11H2,(H,25,26)/t14-,18+/m0/s1. The molecule has 146 valence electrons. The Bertz CT molecular complexity index is 789. The van der Waals surface area contributed by atoms with E-state index in [-0.39, 0.29) is 31.5 Å². The third kappa shape index (κ3) is 2.81. The molecule has 1 amide bonds. The number of nitrogens with zero attached hydrogens (tertiary/aromatic N) is 1. The Morgan fingerprint density at radius 2 is 1.96 bits per heavy atom. The van der Waals surface area contributed by atoms with E-state index >= 15 is 0 Å². The molecular weight excluding hydrogens is 363 g/mol. The van der Waals surface area contributed by atoms with E-state index in [1.54, 1.807) is 6.07 Å². The second kappa shape index (κ2) is 5.95. The molecule has 4 rings (SSSR count). The van der Waals surface area contributed by atoms with Gasteiger partial charge in [0.25, 0.3) is 0 Å². The Morgan fingerprint density at radius 1 is 1.22 bits per heavy atom. The van der Waals surface area contributed by atoms with Crippen LogP contribution in [0.3, 0.4) is 0 Å². The number of hydrogen-bond acceptors (Lipinski definition) is 3. The number of alkyl halides is 3. The zero-order chi connectivity index (χ0) is 19.4. The van der Waals surface area contributed by atoms with E-state index in [4.69, 9.17) is 4.74 Å². The van der Waals surface area contributed by atoms with Crippen molar-refractivity contribution in [2.24, 2.45) is 11.3 Å². The molecule has 3 fully saturated rings. The van der Waals surface area contributed by atoms with Crippen molar-refractivity contribution in [1.29, 1.82) is 0 Å². The number of fused-ring (bicyclic) bond motifs is 1. The van der Waals surface area contributed by atoms with Crippen LogP contribution in [0, 0.1) is 11.3 Å². The van der Waals surface area contributed by atoms with Gasteiger partial charge >= 0.3 is 12.1 Å². The fourth-order valence-electron chi connectivity index (χ4n) is 4.50. The minimum atomic E-state index is -4.47. The van der Waals surface area contributed by atoms with Crippen molar-refractivity contribution in [3.8, 4) is 0 Å². The van der Waals surface area contributed by atoms with Crippen molar-refractivity contribution in [1.82, 2.24) is 4.90 Å². The molecule has 0 radical (unpaired) electrons. The molecule has 1 aromatic rings. The number of aliphatic carboxylic acids is 1. The molecule has 2 heterocycles. The summed E-state index contributed by atoms with van der Waals surface area (Å²) < 4.78 is 44.5. The predicted octanol–water partition coefficient (Wildman–Crippen LogP) is 2.69. The van der Waals surface area contributed by atoms with Gasteiger partial charge in [0.15, 0.2) is 0 Å². The van der Waals surface area contributed by atoms with E-state index in [1.807, 2.05) is 0 Å². The SMILES string of the molecule is O=C(N1C[C@H]2COCC[C@@]2(C(=O)O)C1)C1(c2cccc(C(F)(F)F)c2)CC1. The summed E-state index contributed by atoms with van der Waals surface area (Å²) in [7, 11) is 0. The van der Waals surface area contributed by atoms with Crippen LogP contribution >= 0.6 is 0 Å². The molecule has 3 aliphatic rings. The summed E-state index contributed by atoms with van der Waals surface area (Å²) in [5, 5.41) is 9.74. The van der Waals surface area contributed by atoms with Gasteiger partial charge in [-0.25, -0.2) is 0 Å². The van der Waals surface area contributed by atoms with Gasteiger partial charge in [-0.15, -0.1) is 0 Å². The summed E-state index contributed by atoms with van der Waals surface area (Å²) in [6, 6.07) is 4.91. The Hall–Kier alpha value is -2.09. The highest BCUT2D eigenvalue weighted by molar-refractivity contribution is 5.92. The third-order valence-electron chi connectivity index (χ3n) is 6.32. The summed E-state index contributed by atoms with van der Waals surface area (Å²) in [5.41, 5.74) is -2.39. The number of ether oxygens (including phenoxy) is 1. The topological polar surface area (TPSA) is 66.8 Å². The van der Waals surface area contributed by atoms with E-state index in [2.05, 4.69) is 0 Å². The van der Waals surface area contributed by atoms with Crippen LogP contribution in [0.1, 0.15) is 30.4 Å². The van der Waals surface area contributed by atoms with Gasteiger partial charge in [-0.05, 0) is 30.9 Å². The van der Waals surface area contributed by atoms with Gasteiger partial charge in [0, 0.05) is 25.6 Å². The molecule has 27 heavy (non-hydrogen) atoms. The maximum Gasteiger partial charge on any atom is 0.416 e. The Balaban J connectivity index is 1.61. The van der Waals surface area contributed by atoms with Gasteiger partial charge in [0.05, 0.1) is 23.0 Å². The number of carboxylic acids is 1. The van der Waals surface area contributed by atoms with E-state index in [1.165, 1.54) is 11.0 Å². The number of amides is 1. The van der Waals surface area contributed by atoms with Gasteiger partial charge in [0.2, 0.25) is 5.91 Å². The Morgan fingerprint density at radius 3 is 2.56 bits per heavy atom. The molecule has 5 nitrogen and oxygen atoms in total. The van der Waals surface area contributed by atoms with Crippen LogP contribution in [0.25, 0.3) is 0 Å². The molecule has 2 saturated heterocycles. The molecule has 0 spiro atoms. The van der Waals surface area contributed by atoms with Gasteiger partial charge in [0.1, 0.15) is 0 Å². The van der Waals surface area contributed by atoms with Crippen molar-refractivity contribution in [3.63, 3.8) is 0 Å². The molecule has 1 aromatic carbocycles. The van der Waals surface area contributed by atoms with Crippen LogP contribution in [0.15, 0.2) is 24.3 Å². The summed E-state index contributed by atoms with van der Waals surface area (Å²) in [4.78, 5) is 26.6. The minimum absolute atomic E-state index is 0.0932. The maximum absolute atomic E-state index is 13.2. The second-order valence-corrected chi connectivity index (χ2v) is 7.83. The molecule has 1 N–H and O–H groups in total. The van der Waals surface area contributed by atoms with Crippen LogP contribution in [-0.4, -0.2) is 48.2 Å². The Kier molecular flexibility index (Phi) is 4.03. The fraction of sp³-hybridized carbons (Fsp3) is 0.579. The van der Waals surface area contributed by atoms with Crippen LogP contribution in [0.5, 0.6) is 0 Å². The smallest absolute Gasteiger partial charge is 0.416 e. The van der Waals surface area contributed by atoms with Crippen molar-refractivity contribution < 1.29 is 32.6 Å². The normalized spacial score (nSPS) is 29.3. The predicted molar refractivity (Wildman–Crippen MR) is 87.9 cm³/mol. The van der Waals surface area contributed by atoms with E-state index in [0.29, 0.717) is 31.4 Å². The highest BCUT2D eigenvalue weighted by Crippen LogP contribution is 2.52. The first-order valence-electron chi connectivity index (χ1n) is 8.97. The number of carboxylic acid groups (broad SMARTS) is 1. The number of benzene rings is 1. The lowest BCUT2D eigenvalue weighted by atomic mass is 9.74. The first kappa shape index (κ1) is 18.3. The van der Waals surface area contributed by atoms with E-state index < -0.39 is 28.5 Å². The monoisotopic (exact) mass is 383 g/mol. The maximum atomic E-state index is 13.2. The van der Waals surface area contributed by atoms with Crippen LogP contribution < -0.4 is 0 Å². The molecule has 0 unspecified atom stereocenters. The number of rotatable bonds is 3. The van der Waals surface area contributed by atoms with E-state index in [0.717, 1.165) is 12.1 Å². The first-order valence-corrected chi connectivity index (χ1v) is 8.97. The average molecular weight is 383 g/mol. The number of halogens is 3. The average Bonchev–Trinajstić information content (AvgIpc) is 3.34. The van der Waals surface area contributed by atoms with Crippen molar-refractivity contribution in [2.75, 3.05) is 26.3 Å². The van der Waals surface area contributed by atoms with Gasteiger partial charge < -0.3 is 14.7 Å². The molecule has 1 saturated carbocycles. The minimum Gasteiger partial charge on any atom is -0.481 e. The van der Waals surface area contributed by atoms with Crippen molar-refractivity contribution in [2.45, 2.75) is 30.9 Å². The molecule has 0 bridgehead atoms. The molecule has 1 aliphatic carbocycles. The fourth-order valence-corrected chi connectivity index (χ4v) is 4.50. The summed E-state index contributed by atoms with van der Waals surface area (Å²) in [6.45, 7) is 0.984. The number of likely N-dealkylation sites (tertiary alicyclic amines) is 1. The molecule has 2 atom stereocenters. The van der Waals surface area contributed by atoms with Crippen LogP contribution in [0.2, 0.25) is 0 Å². The summed E-state index contributed by atoms with van der Waals surface area (Å²) >= 11 is 0. The van der Waals surface area contributed by atoms with Gasteiger partial charge in [-0.3, -0.25) is 9.59 Å². The zero-order valence-electron chi connectivity index (χ0n) is 14.6. The highest BCUT2D eigenvalue weighted by atomic mass is 19.4. The first-order chi connectivity index (χ1) is 12.7. The van der Waals surface area contributed by atoms with Crippen LogP contribution in [-0.2, 0) is 25.9 Å². The number of carbonyl (C=O) groups excluding carboxylic acids is 1. The quantitative estimate of drug-likeness (QED) is 0.872. The largest absolute Gasteiger partial charge is 0.481 e. The molecular formula is C19H20F3NO4. The van der Waals surface area contributed by atoms with Crippen LogP contribution in [0.4, 0.5) is 13.2 Å². The van der Waals surface area contributed by atoms with Gasteiger partial charge in [-0.2, -0.15) is 13.2 Å². The molecule has 8 heteroatoms. The second-order valence-electron chi connectivity index (χ2n) is 7.83. The molecule has 2 aliphatic heterocycles. The summed E-state index contributed by atoms with van der Waals surface area (Å²) in [6.07, 6.45) is -3.18. The van der Waals surface area contributed by atoms with Gasteiger partial charge in [-0.1, -0.05) is 18.2 Å². The number of hydrogen-bond donors (Lipinski definition) is 1. The Labute approximate surface area is 154 Å². The number of carbonyl (C=O) groups is 2. The third-order valence-corrected chi connectivity index (χ3v) is 6.32. The van der Waals surface area contributed by atoms with Crippen molar-refractivity contribution in [3.05, 3.63) is 35.4 Å². The lowest BCUT2D eigenvalue weighted by Crippen LogP contribution is -2.45. The lowest BCUT2D eigenvalue weighted by Gasteiger charge is -2.34. The van der Waals surface area contributed by atoms with Crippen molar-refractivity contribution >= 4 is 11.9 Å². The molecule has 0 aromatic heterocycles. The zero-order valence-corrected chi connectivity index (χ0v) is 14.6.